The van der Waals surface area contributed by atoms with Gasteiger partial charge in [0.05, 0.1) is 5.02 Å². The van der Waals surface area contributed by atoms with Gasteiger partial charge >= 0.3 is 0 Å². The van der Waals surface area contributed by atoms with E-state index in [9.17, 15) is 4.39 Å². The van der Waals surface area contributed by atoms with Crippen LogP contribution in [0.2, 0.25) is 5.02 Å². The van der Waals surface area contributed by atoms with Crippen molar-refractivity contribution in [1.82, 2.24) is 4.98 Å². The molecule has 0 radical (unpaired) electrons. The molecule has 0 saturated heterocycles. The van der Waals surface area contributed by atoms with E-state index in [1.165, 1.54) is 11.8 Å². The number of halogens is 2. The Morgan fingerprint density at radius 2 is 2.00 bits per heavy atom. The van der Waals surface area contributed by atoms with Gasteiger partial charge < -0.3 is 5.73 Å². The number of benzene rings is 1. The van der Waals surface area contributed by atoms with Crippen LogP contribution in [0.15, 0.2) is 41.6 Å². The summed E-state index contributed by atoms with van der Waals surface area (Å²) in [5.74, 6) is 0.246. The van der Waals surface area contributed by atoms with Crippen molar-refractivity contribution in [3.05, 3.63) is 58.5 Å². The summed E-state index contributed by atoms with van der Waals surface area (Å²) >= 11 is 7.40. The lowest BCUT2D eigenvalue weighted by atomic mass is 10.1. The van der Waals surface area contributed by atoms with E-state index in [1.54, 1.807) is 36.5 Å². The number of pyridine rings is 1. The summed E-state index contributed by atoms with van der Waals surface area (Å²) in [6, 6.07) is 8.78. The molecular formula is C13H12ClFN2S. The summed E-state index contributed by atoms with van der Waals surface area (Å²) < 4.78 is 13.9. The average Bonchev–Trinajstić information content (AvgIpc) is 2.39. The molecule has 2 rings (SSSR count). The molecular weight excluding hydrogens is 271 g/mol. The summed E-state index contributed by atoms with van der Waals surface area (Å²) in [6.45, 7) is 0.203. The van der Waals surface area contributed by atoms with Crippen molar-refractivity contribution < 1.29 is 4.39 Å². The van der Waals surface area contributed by atoms with Crippen molar-refractivity contribution in [2.24, 2.45) is 5.73 Å². The predicted octanol–water partition coefficient (Wildman–Crippen LogP) is 3.63. The number of thioether (sulfide) groups is 1. The van der Waals surface area contributed by atoms with Crippen molar-refractivity contribution in [2.75, 3.05) is 0 Å². The standard InChI is InChI=1S/C13H12ClFN2S/c14-11-5-2-6-17-13(11)18-8-10-4-1-3-9(7-16)12(10)15/h1-6H,7-8,16H2. The molecule has 0 unspecified atom stereocenters. The lowest BCUT2D eigenvalue weighted by Gasteiger charge is -2.07. The smallest absolute Gasteiger partial charge is 0.131 e. The van der Waals surface area contributed by atoms with Crippen molar-refractivity contribution in [1.29, 1.82) is 0 Å². The highest BCUT2D eigenvalue weighted by atomic mass is 35.5. The molecule has 0 spiro atoms. The van der Waals surface area contributed by atoms with E-state index in [2.05, 4.69) is 4.98 Å². The van der Waals surface area contributed by atoms with E-state index in [0.717, 1.165) is 0 Å². The van der Waals surface area contributed by atoms with Gasteiger partial charge in [-0.15, -0.1) is 11.8 Å². The Labute approximate surface area is 114 Å². The van der Waals surface area contributed by atoms with Crippen molar-refractivity contribution >= 4 is 23.4 Å². The molecule has 0 saturated carbocycles. The second-order valence-corrected chi connectivity index (χ2v) is 5.04. The highest BCUT2D eigenvalue weighted by Gasteiger charge is 2.08. The van der Waals surface area contributed by atoms with Crippen molar-refractivity contribution in [2.45, 2.75) is 17.3 Å². The Bertz CT molecular complexity index is 548. The summed E-state index contributed by atoms with van der Waals surface area (Å²) in [5.41, 5.74) is 6.61. The quantitative estimate of drug-likeness (QED) is 0.871. The third kappa shape index (κ3) is 3.02. The molecule has 2 nitrogen and oxygen atoms in total. The number of nitrogens with two attached hydrogens (primary N) is 1. The van der Waals surface area contributed by atoms with Gasteiger partial charge in [-0.3, -0.25) is 0 Å². The minimum atomic E-state index is -0.237. The Morgan fingerprint density at radius 3 is 2.72 bits per heavy atom. The maximum absolute atomic E-state index is 13.9. The number of hydrogen-bond donors (Lipinski definition) is 1. The minimum absolute atomic E-state index is 0.203. The molecule has 5 heteroatoms. The summed E-state index contributed by atoms with van der Waals surface area (Å²) in [5, 5.41) is 1.29. The Balaban J connectivity index is 2.14. The van der Waals surface area contributed by atoms with E-state index in [1.807, 2.05) is 0 Å². The van der Waals surface area contributed by atoms with Gasteiger partial charge in [-0.1, -0.05) is 29.8 Å². The molecule has 0 aliphatic rings. The molecule has 18 heavy (non-hydrogen) atoms. The highest BCUT2D eigenvalue weighted by Crippen LogP contribution is 2.28. The van der Waals surface area contributed by atoms with Gasteiger partial charge in [0, 0.05) is 24.1 Å². The monoisotopic (exact) mass is 282 g/mol. The Kier molecular flexibility index (Phi) is 4.58. The van der Waals surface area contributed by atoms with E-state index in [0.29, 0.717) is 26.9 Å². The zero-order chi connectivity index (χ0) is 13.0. The second-order valence-electron chi connectivity index (χ2n) is 3.67. The van der Waals surface area contributed by atoms with Gasteiger partial charge in [0.15, 0.2) is 0 Å². The topological polar surface area (TPSA) is 38.9 Å². The highest BCUT2D eigenvalue weighted by molar-refractivity contribution is 7.98. The molecule has 0 aliphatic heterocycles. The lowest BCUT2D eigenvalue weighted by molar-refractivity contribution is 0.600. The van der Waals surface area contributed by atoms with Crippen LogP contribution in [0.5, 0.6) is 0 Å². The van der Waals surface area contributed by atoms with Crippen molar-refractivity contribution in [3.63, 3.8) is 0 Å². The first-order valence-corrected chi connectivity index (χ1v) is 6.78. The van der Waals surface area contributed by atoms with Gasteiger partial charge in [0.25, 0.3) is 0 Å². The number of hydrogen-bond acceptors (Lipinski definition) is 3. The third-order valence-corrected chi connectivity index (χ3v) is 3.94. The lowest BCUT2D eigenvalue weighted by Crippen LogP contribution is -2.02. The van der Waals surface area contributed by atoms with Gasteiger partial charge in [-0.2, -0.15) is 0 Å². The molecule has 0 aliphatic carbocycles. The van der Waals surface area contributed by atoms with Crippen LogP contribution >= 0.6 is 23.4 Å². The fourth-order valence-corrected chi connectivity index (χ4v) is 2.67. The normalized spacial score (nSPS) is 10.6. The molecule has 1 aromatic carbocycles. The van der Waals surface area contributed by atoms with E-state index < -0.39 is 0 Å². The van der Waals surface area contributed by atoms with Crippen LogP contribution in [0, 0.1) is 5.82 Å². The van der Waals surface area contributed by atoms with Gasteiger partial charge in [-0.25, -0.2) is 9.37 Å². The maximum atomic E-state index is 13.9. The Morgan fingerprint density at radius 1 is 1.22 bits per heavy atom. The zero-order valence-corrected chi connectivity index (χ0v) is 11.1. The minimum Gasteiger partial charge on any atom is -0.326 e. The van der Waals surface area contributed by atoms with Crippen molar-refractivity contribution in [3.8, 4) is 0 Å². The zero-order valence-electron chi connectivity index (χ0n) is 9.57. The largest absolute Gasteiger partial charge is 0.326 e. The summed E-state index contributed by atoms with van der Waals surface area (Å²) in [7, 11) is 0. The second kappa shape index (κ2) is 6.18. The third-order valence-electron chi connectivity index (χ3n) is 2.47. The molecule has 0 atom stereocenters. The van der Waals surface area contributed by atoms with E-state index >= 15 is 0 Å². The van der Waals surface area contributed by atoms with Gasteiger partial charge in [0.1, 0.15) is 10.8 Å². The van der Waals surface area contributed by atoms with E-state index in [4.69, 9.17) is 17.3 Å². The van der Waals surface area contributed by atoms with Crippen LogP contribution in [0.3, 0.4) is 0 Å². The molecule has 2 N–H and O–H groups in total. The van der Waals surface area contributed by atoms with Crippen LogP contribution in [0.1, 0.15) is 11.1 Å². The summed E-state index contributed by atoms with van der Waals surface area (Å²) in [4.78, 5) is 4.15. The first-order valence-electron chi connectivity index (χ1n) is 5.42. The predicted molar refractivity (Wildman–Crippen MR) is 73.1 cm³/mol. The van der Waals surface area contributed by atoms with Crippen LogP contribution in [0.25, 0.3) is 0 Å². The fraction of sp³-hybridized carbons (Fsp3) is 0.154. The maximum Gasteiger partial charge on any atom is 0.131 e. The molecule has 0 amide bonds. The summed E-state index contributed by atoms with van der Waals surface area (Å²) in [6.07, 6.45) is 1.67. The van der Waals surface area contributed by atoms with Crippen LogP contribution < -0.4 is 5.73 Å². The molecule has 1 heterocycles. The first kappa shape index (κ1) is 13.3. The SMILES string of the molecule is NCc1cccc(CSc2ncccc2Cl)c1F. The Hall–Kier alpha value is -1.10. The molecule has 1 aromatic heterocycles. The first-order chi connectivity index (χ1) is 8.72. The number of nitrogens with zero attached hydrogens (tertiary/aromatic N) is 1. The van der Waals surface area contributed by atoms with Gasteiger partial charge in [0.2, 0.25) is 0 Å². The number of rotatable bonds is 4. The van der Waals surface area contributed by atoms with Gasteiger partial charge in [-0.05, 0) is 17.7 Å². The number of aromatic nitrogens is 1. The molecule has 0 fully saturated rings. The molecule has 0 bridgehead atoms. The van der Waals surface area contributed by atoms with Crippen LogP contribution in [-0.4, -0.2) is 4.98 Å². The fourth-order valence-electron chi connectivity index (χ4n) is 1.53. The van der Waals surface area contributed by atoms with E-state index in [-0.39, 0.29) is 12.4 Å². The average molecular weight is 283 g/mol. The van der Waals surface area contributed by atoms with Crippen LogP contribution in [0.4, 0.5) is 4.39 Å². The molecule has 2 aromatic rings. The molecule has 94 valence electrons. The van der Waals surface area contributed by atoms with Crippen LogP contribution in [-0.2, 0) is 12.3 Å².